The summed E-state index contributed by atoms with van der Waals surface area (Å²) in [6.07, 6.45) is 0. The molecule has 2 aliphatic heterocycles. The summed E-state index contributed by atoms with van der Waals surface area (Å²) in [4.78, 5) is 9.33. The van der Waals surface area contributed by atoms with E-state index in [-0.39, 0.29) is 6.04 Å². The number of aliphatic imine (C=N–C) groups is 1. The van der Waals surface area contributed by atoms with E-state index in [0.717, 1.165) is 55.9 Å². The summed E-state index contributed by atoms with van der Waals surface area (Å²) in [5.41, 5.74) is 7.46. The standard InChI is InChI=1S/C17H25ClN4OS/c18-15-3-1-14(2-4-15)16(21-5-9-23-10-6-21)13-20-17(19)22-7-11-24-12-8-22/h1-4,16H,5-13H2,(H2,19,20). The second kappa shape index (κ2) is 8.94. The number of hydrogen-bond donors (Lipinski definition) is 1. The first kappa shape index (κ1) is 17.9. The molecule has 1 unspecified atom stereocenters. The molecule has 0 amide bonds. The monoisotopic (exact) mass is 368 g/mol. The van der Waals surface area contributed by atoms with Gasteiger partial charge in [-0.25, -0.2) is 0 Å². The number of morpholine rings is 1. The highest BCUT2D eigenvalue weighted by Crippen LogP contribution is 2.24. The number of hydrogen-bond acceptors (Lipinski definition) is 4. The summed E-state index contributed by atoms with van der Waals surface area (Å²) in [5.74, 6) is 2.92. The van der Waals surface area contributed by atoms with Gasteiger partial charge in [-0.15, -0.1) is 0 Å². The molecular formula is C17H25ClN4OS. The van der Waals surface area contributed by atoms with Crippen molar-refractivity contribution in [2.45, 2.75) is 6.04 Å². The van der Waals surface area contributed by atoms with Crippen LogP contribution in [0.3, 0.4) is 0 Å². The number of nitrogens with two attached hydrogens (primary N) is 1. The minimum absolute atomic E-state index is 0.212. The number of thioether (sulfide) groups is 1. The molecule has 3 rings (SSSR count). The van der Waals surface area contributed by atoms with Crippen LogP contribution in [0.25, 0.3) is 0 Å². The van der Waals surface area contributed by atoms with Crippen molar-refractivity contribution in [1.82, 2.24) is 9.80 Å². The van der Waals surface area contributed by atoms with Gasteiger partial charge < -0.3 is 15.4 Å². The van der Waals surface area contributed by atoms with Gasteiger partial charge in [0.25, 0.3) is 0 Å². The van der Waals surface area contributed by atoms with Crippen LogP contribution in [0.5, 0.6) is 0 Å². The molecule has 1 atom stereocenters. The van der Waals surface area contributed by atoms with Gasteiger partial charge in [0.05, 0.1) is 25.8 Å². The fraction of sp³-hybridized carbons (Fsp3) is 0.588. The van der Waals surface area contributed by atoms with E-state index in [1.165, 1.54) is 5.56 Å². The van der Waals surface area contributed by atoms with Gasteiger partial charge in [-0.3, -0.25) is 9.89 Å². The predicted molar refractivity (Wildman–Crippen MR) is 102 cm³/mol. The summed E-state index contributed by atoms with van der Waals surface area (Å²) in [7, 11) is 0. The minimum atomic E-state index is 0.212. The van der Waals surface area contributed by atoms with Crippen LogP contribution < -0.4 is 5.73 Å². The summed E-state index contributed by atoms with van der Waals surface area (Å²) in [5, 5.41) is 0.758. The lowest BCUT2D eigenvalue weighted by Crippen LogP contribution is -2.44. The molecule has 24 heavy (non-hydrogen) atoms. The van der Waals surface area contributed by atoms with Crippen molar-refractivity contribution in [1.29, 1.82) is 0 Å². The van der Waals surface area contributed by atoms with Crippen LogP contribution in [0.15, 0.2) is 29.3 Å². The van der Waals surface area contributed by atoms with Gasteiger partial charge in [0.1, 0.15) is 0 Å². The molecule has 132 valence electrons. The first-order valence-corrected chi connectivity index (χ1v) is 9.97. The normalized spacial score (nSPS) is 21.7. The zero-order chi connectivity index (χ0) is 16.8. The van der Waals surface area contributed by atoms with Gasteiger partial charge in [0.2, 0.25) is 0 Å². The Bertz CT molecular complexity index is 542. The summed E-state index contributed by atoms with van der Waals surface area (Å²) < 4.78 is 5.49. The largest absolute Gasteiger partial charge is 0.379 e. The Balaban J connectivity index is 1.72. The lowest BCUT2D eigenvalue weighted by molar-refractivity contribution is 0.0179. The van der Waals surface area contributed by atoms with E-state index < -0.39 is 0 Å². The zero-order valence-electron chi connectivity index (χ0n) is 13.9. The molecule has 2 aliphatic rings. The van der Waals surface area contributed by atoms with Crippen molar-refractivity contribution in [3.8, 4) is 0 Å². The van der Waals surface area contributed by atoms with Gasteiger partial charge in [-0.05, 0) is 17.7 Å². The molecule has 0 spiro atoms. The van der Waals surface area contributed by atoms with E-state index in [1.807, 2.05) is 23.9 Å². The molecule has 1 aromatic carbocycles. The SMILES string of the molecule is NC(=NCC(c1ccc(Cl)cc1)N1CCOCC1)N1CCSCC1. The molecule has 2 fully saturated rings. The fourth-order valence-corrected chi connectivity index (χ4v) is 4.11. The highest BCUT2D eigenvalue weighted by molar-refractivity contribution is 7.99. The van der Waals surface area contributed by atoms with Crippen molar-refractivity contribution in [2.24, 2.45) is 10.7 Å². The van der Waals surface area contributed by atoms with Crippen LogP contribution in [0.2, 0.25) is 5.02 Å². The number of rotatable bonds is 4. The van der Waals surface area contributed by atoms with Crippen LogP contribution >= 0.6 is 23.4 Å². The van der Waals surface area contributed by atoms with E-state index in [0.29, 0.717) is 12.5 Å². The lowest BCUT2D eigenvalue weighted by atomic mass is 10.0. The van der Waals surface area contributed by atoms with E-state index in [2.05, 4.69) is 21.9 Å². The van der Waals surface area contributed by atoms with Gasteiger partial charge in [-0.2, -0.15) is 11.8 Å². The van der Waals surface area contributed by atoms with Crippen molar-refractivity contribution < 1.29 is 4.74 Å². The summed E-state index contributed by atoms with van der Waals surface area (Å²) in [6.45, 7) is 6.02. The summed E-state index contributed by atoms with van der Waals surface area (Å²) >= 11 is 8.02. The highest BCUT2D eigenvalue weighted by atomic mass is 35.5. The Hall–Kier alpha value is -0.950. The Morgan fingerprint density at radius 2 is 1.83 bits per heavy atom. The average Bonchev–Trinajstić information content (AvgIpc) is 2.65. The van der Waals surface area contributed by atoms with Gasteiger partial charge in [0.15, 0.2) is 5.96 Å². The zero-order valence-corrected chi connectivity index (χ0v) is 15.4. The number of nitrogens with zero attached hydrogens (tertiary/aromatic N) is 3. The third kappa shape index (κ3) is 4.79. The van der Waals surface area contributed by atoms with E-state index in [1.54, 1.807) is 0 Å². The smallest absolute Gasteiger partial charge is 0.191 e. The molecule has 7 heteroatoms. The molecule has 0 saturated carbocycles. The molecule has 0 aromatic heterocycles. The number of halogens is 1. The Morgan fingerprint density at radius 1 is 1.17 bits per heavy atom. The Morgan fingerprint density at radius 3 is 2.50 bits per heavy atom. The maximum atomic E-state index is 6.23. The van der Waals surface area contributed by atoms with Crippen molar-refractivity contribution in [2.75, 3.05) is 57.4 Å². The van der Waals surface area contributed by atoms with Crippen LogP contribution in [-0.4, -0.2) is 73.2 Å². The quantitative estimate of drug-likeness (QED) is 0.651. The van der Waals surface area contributed by atoms with Gasteiger partial charge >= 0.3 is 0 Å². The fourth-order valence-electron chi connectivity index (χ4n) is 3.08. The Kier molecular flexibility index (Phi) is 6.66. The van der Waals surface area contributed by atoms with Crippen LogP contribution in [0.1, 0.15) is 11.6 Å². The molecule has 0 radical (unpaired) electrons. The summed E-state index contributed by atoms with van der Waals surface area (Å²) in [6, 6.07) is 8.28. The van der Waals surface area contributed by atoms with E-state index >= 15 is 0 Å². The minimum Gasteiger partial charge on any atom is -0.379 e. The van der Waals surface area contributed by atoms with Crippen molar-refractivity contribution in [3.63, 3.8) is 0 Å². The third-order valence-electron chi connectivity index (χ3n) is 4.50. The molecule has 0 aliphatic carbocycles. The van der Waals surface area contributed by atoms with Crippen LogP contribution in [-0.2, 0) is 4.74 Å². The molecule has 2 heterocycles. The molecule has 0 bridgehead atoms. The lowest BCUT2D eigenvalue weighted by Gasteiger charge is -2.34. The second-order valence-corrected chi connectivity index (χ2v) is 7.68. The van der Waals surface area contributed by atoms with Gasteiger partial charge in [-0.1, -0.05) is 23.7 Å². The van der Waals surface area contributed by atoms with E-state index in [4.69, 9.17) is 27.1 Å². The van der Waals surface area contributed by atoms with Crippen LogP contribution in [0.4, 0.5) is 0 Å². The van der Waals surface area contributed by atoms with E-state index in [9.17, 15) is 0 Å². The molecular weight excluding hydrogens is 344 g/mol. The maximum absolute atomic E-state index is 6.23. The number of ether oxygens (including phenoxy) is 1. The van der Waals surface area contributed by atoms with Crippen molar-refractivity contribution in [3.05, 3.63) is 34.9 Å². The maximum Gasteiger partial charge on any atom is 0.191 e. The number of guanidine groups is 1. The topological polar surface area (TPSA) is 54.1 Å². The van der Waals surface area contributed by atoms with Crippen molar-refractivity contribution >= 4 is 29.3 Å². The predicted octanol–water partition coefficient (Wildman–Crippen LogP) is 2.08. The van der Waals surface area contributed by atoms with Crippen LogP contribution in [0, 0.1) is 0 Å². The average molecular weight is 369 g/mol. The Labute approximate surface area is 153 Å². The number of benzene rings is 1. The molecule has 2 N–H and O–H groups in total. The second-order valence-electron chi connectivity index (χ2n) is 6.01. The third-order valence-corrected chi connectivity index (χ3v) is 5.70. The first-order valence-electron chi connectivity index (χ1n) is 8.44. The molecule has 1 aromatic rings. The molecule has 2 saturated heterocycles. The first-order chi connectivity index (χ1) is 11.7. The van der Waals surface area contributed by atoms with Gasteiger partial charge in [0, 0.05) is 42.7 Å². The highest BCUT2D eigenvalue weighted by Gasteiger charge is 2.23. The molecule has 5 nitrogen and oxygen atoms in total.